The largest absolute Gasteiger partial charge is 0.469 e. The molecule has 1 unspecified atom stereocenters. The summed E-state index contributed by atoms with van der Waals surface area (Å²) < 4.78 is 38.5. The lowest BCUT2D eigenvalue weighted by atomic mass is 10.00. The molecule has 0 spiro atoms. The molecule has 26 heavy (non-hydrogen) atoms. The molecule has 0 aliphatic carbocycles. The number of hydrogen-bond acceptors (Lipinski definition) is 5. The number of benzene rings is 2. The number of rotatable bonds is 6. The van der Waals surface area contributed by atoms with Crippen molar-refractivity contribution < 1.29 is 23.0 Å². The van der Waals surface area contributed by atoms with Crippen LogP contribution in [0.1, 0.15) is 18.1 Å². The summed E-state index contributed by atoms with van der Waals surface area (Å²) in [6.07, 6.45) is 1.99. The van der Waals surface area contributed by atoms with E-state index >= 15 is 0 Å². The van der Waals surface area contributed by atoms with Crippen LogP contribution in [0.2, 0.25) is 0 Å². The van der Waals surface area contributed by atoms with Crippen LogP contribution in [-0.2, 0) is 16.0 Å². The van der Waals surface area contributed by atoms with Crippen LogP contribution in [-0.4, -0.2) is 19.3 Å². The van der Waals surface area contributed by atoms with Crippen molar-refractivity contribution >= 4 is 17.7 Å². The lowest BCUT2D eigenvalue weighted by molar-refractivity contribution is -0.144. The fraction of sp³-hybridized carbons (Fsp3) is 0.263. The summed E-state index contributed by atoms with van der Waals surface area (Å²) in [5.41, 5.74) is 0.514. The highest BCUT2D eigenvalue weighted by atomic mass is 32.2. The maximum absolute atomic E-state index is 14.6. The smallest absolute Gasteiger partial charge is 0.308 e. The van der Waals surface area contributed by atoms with E-state index in [4.69, 9.17) is 14.7 Å². The molecule has 7 heteroatoms. The number of ether oxygens (including phenoxy) is 2. The molecule has 0 saturated heterocycles. The summed E-state index contributed by atoms with van der Waals surface area (Å²) in [7, 11) is 1.28. The van der Waals surface area contributed by atoms with Crippen LogP contribution >= 0.6 is 11.8 Å². The minimum absolute atomic E-state index is 0.00400. The number of carbonyl (C=O) groups is 1. The zero-order chi connectivity index (χ0) is 19.3. The molecule has 4 nitrogen and oxygen atoms in total. The molecular formula is C19H17F2NO3S. The Morgan fingerprint density at radius 3 is 2.62 bits per heavy atom. The quantitative estimate of drug-likeness (QED) is 0.539. The van der Waals surface area contributed by atoms with E-state index < -0.39 is 23.5 Å². The van der Waals surface area contributed by atoms with Crippen molar-refractivity contribution in [2.45, 2.75) is 18.2 Å². The van der Waals surface area contributed by atoms with Crippen molar-refractivity contribution in [1.82, 2.24) is 0 Å². The minimum atomic E-state index is -0.662. The highest BCUT2D eigenvalue weighted by Crippen LogP contribution is 2.34. The van der Waals surface area contributed by atoms with Crippen LogP contribution in [0.4, 0.5) is 8.78 Å². The van der Waals surface area contributed by atoms with Gasteiger partial charge in [0.15, 0.2) is 11.6 Å². The first-order valence-corrected chi connectivity index (χ1v) is 8.93. The SMILES string of the molecule is COC(=O)C(C)Cc1cc(SC)cc(F)c1Oc1cc(F)cc(C#N)c1. The number of nitrogens with zero attached hydrogens (tertiary/aromatic N) is 1. The Kier molecular flexibility index (Phi) is 6.58. The maximum Gasteiger partial charge on any atom is 0.308 e. The Morgan fingerprint density at radius 1 is 1.27 bits per heavy atom. The Hall–Kier alpha value is -2.59. The number of halogens is 2. The predicted octanol–water partition coefficient (Wildman–Crippen LogP) is 4.70. The van der Waals surface area contributed by atoms with Crippen LogP contribution in [0.5, 0.6) is 11.5 Å². The third-order valence-electron chi connectivity index (χ3n) is 3.68. The van der Waals surface area contributed by atoms with Crippen molar-refractivity contribution in [3.05, 3.63) is 53.1 Å². The number of thioether (sulfide) groups is 1. The monoisotopic (exact) mass is 377 g/mol. The molecule has 0 fully saturated rings. The number of methoxy groups -OCH3 is 1. The van der Waals surface area contributed by atoms with Crippen molar-refractivity contribution in [2.24, 2.45) is 5.92 Å². The van der Waals surface area contributed by atoms with Crippen molar-refractivity contribution in [3.8, 4) is 17.6 Å². The summed E-state index contributed by atoms with van der Waals surface area (Å²) in [6, 6.07) is 8.28. The van der Waals surface area contributed by atoms with Gasteiger partial charge in [-0.1, -0.05) is 6.92 Å². The fourth-order valence-electron chi connectivity index (χ4n) is 2.42. The van der Waals surface area contributed by atoms with Gasteiger partial charge in [0.1, 0.15) is 11.6 Å². The minimum Gasteiger partial charge on any atom is -0.469 e. The summed E-state index contributed by atoms with van der Waals surface area (Å²) in [6.45, 7) is 1.66. The van der Waals surface area contributed by atoms with Crippen molar-refractivity contribution in [3.63, 3.8) is 0 Å². The Labute approximate surface area is 154 Å². The van der Waals surface area contributed by atoms with Crippen LogP contribution in [0.25, 0.3) is 0 Å². The molecule has 0 aliphatic heterocycles. The van der Waals surface area contributed by atoms with Crippen LogP contribution in [0.3, 0.4) is 0 Å². The molecule has 0 aliphatic rings. The average Bonchev–Trinajstić information content (AvgIpc) is 2.62. The molecule has 0 bridgehead atoms. The van der Waals surface area contributed by atoms with E-state index in [1.165, 1.54) is 31.0 Å². The second-order valence-corrected chi connectivity index (χ2v) is 6.49. The molecule has 1 atom stereocenters. The predicted molar refractivity (Wildman–Crippen MR) is 94.3 cm³/mol. The Bertz CT molecular complexity index is 865. The molecule has 0 saturated carbocycles. The first-order chi connectivity index (χ1) is 12.4. The molecule has 0 aromatic heterocycles. The zero-order valence-corrected chi connectivity index (χ0v) is 15.3. The summed E-state index contributed by atoms with van der Waals surface area (Å²) >= 11 is 1.35. The van der Waals surface area contributed by atoms with Gasteiger partial charge in [-0.25, -0.2) is 8.78 Å². The summed E-state index contributed by atoms with van der Waals surface area (Å²) in [5.74, 6) is -2.34. The van der Waals surface area contributed by atoms with Gasteiger partial charge >= 0.3 is 5.97 Å². The molecule has 0 amide bonds. The third kappa shape index (κ3) is 4.73. The highest BCUT2D eigenvalue weighted by Gasteiger charge is 2.20. The molecule has 136 valence electrons. The zero-order valence-electron chi connectivity index (χ0n) is 14.5. The van der Waals surface area contributed by atoms with Crippen LogP contribution in [0.15, 0.2) is 35.2 Å². The van der Waals surface area contributed by atoms with Crippen LogP contribution in [0, 0.1) is 28.9 Å². The Balaban J connectivity index is 2.45. The van der Waals surface area contributed by atoms with Gasteiger partial charge in [-0.2, -0.15) is 5.26 Å². The van der Waals surface area contributed by atoms with Gasteiger partial charge in [-0.05, 0) is 42.5 Å². The van der Waals surface area contributed by atoms with E-state index in [-0.39, 0.29) is 23.5 Å². The first-order valence-electron chi connectivity index (χ1n) is 7.70. The van der Waals surface area contributed by atoms with Crippen LogP contribution < -0.4 is 4.74 Å². The molecular weight excluding hydrogens is 360 g/mol. The molecule has 2 aromatic rings. The Morgan fingerprint density at radius 2 is 2.00 bits per heavy atom. The number of carbonyl (C=O) groups excluding carboxylic acids is 1. The van der Waals surface area contributed by atoms with Crippen molar-refractivity contribution in [1.29, 1.82) is 5.26 Å². The van der Waals surface area contributed by atoms with Gasteiger partial charge in [0, 0.05) is 11.0 Å². The van der Waals surface area contributed by atoms with Gasteiger partial charge in [0.25, 0.3) is 0 Å². The first kappa shape index (κ1) is 19.7. The van der Waals surface area contributed by atoms with Gasteiger partial charge in [0.2, 0.25) is 0 Å². The van der Waals surface area contributed by atoms with E-state index in [9.17, 15) is 13.6 Å². The lowest BCUT2D eigenvalue weighted by Crippen LogP contribution is -2.15. The van der Waals surface area contributed by atoms with E-state index in [1.807, 2.05) is 6.07 Å². The maximum atomic E-state index is 14.6. The van der Waals surface area contributed by atoms with E-state index in [1.54, 1.807) is 19.2 Å². The lowest BCUT2D eigenvalue weighted by Gasteiger charge is -2.16. The second-order valence-electron chi connectivity index (χ2n) is 5.62. The van der Waals surface area contributed by atoms with Gasteiger partial charge in [-0.3, -0.25) is 4.79 Å². The van der Waals surface area contributed by atoms with Gasteiger partial charge in [0.05, 0.1) is 24.7 Å². The third-order valence-corrected chi connectivity index (χ3v) is 4.39. The number of esters is 1. The molecule has 0 N–H and O–H groups in total. The van der Waals surface area contributed by atoms with E-state index in [0.717, 1.165) is 12.1 Å². The topological polar surface area (TPSA) is 59.3 Å². The fourth-order valence-corrected chi connectivity index (χ4v) is 2.91. The second kappa shape index (κ2) is 8.68. The normalized spacial score (nSPS) is 11.5. The number of nitriles is 1. The standard InChI is InChI=1S/C19H17F2NO3S/c1-11(19(23)24-2)4-13-7-16(26-3)9-17(21)18(13)25-15-6-12(10-22)5-14(20)8-15/h5-9,11H,4H2,1-3H3. The molecule has 2 aromatic carbocycles. The van der Waals surface area contributed by atoms with Gasteiger partial charge < -0.3 is 9.47 Å². The molecule has 2 rings (SSSR count). The number of hydrogen-bond donors (Lipinski definition) is 0. The van der Waals surface area contributed by atoms with E-state index in [0.29, 0.717) is 10.5 Å². The van der Waals surface area contributed by atoms with Crippen molar-refractivity contribution in [2.75, 3.05) is 13.4 Å². The highest BCUT2D eigenvalue weighted by molar-refractivity contribution is 7.98. The summed E-state index contributed by atoms with van der Waals surface area (Å²) in [4.78, 5) is 12.4. The van der Waals surface area contributed by atoms with E-state index in [2.05, 4.69) is 0 Å². The van der Waals surface area contributed by atoms with Gasteiger partial charge in [-0.15, -0.1) is 11.8 Å². The molecule has 0 heterocycles. The molecule has 0 radical (unpaired) electrons. The average molecular weight is 377 g/mol. The summed E-state index contributed by atoms with van der Waals surface area (Å²) in [5, 5.41) is 8.94.